The number of hydrogen-bond acceptors (Lipinski definition) is 4. The van der Waals surface area contributed by atoms with Gasteiger partial charge in [0.15, 0.2) is 0 Å². The van der Waals surface area contributed by atoms with Gasteiger partial charge >= 0.3 is 0 Å². The van der Waals surface area contributed by atoms with Crippen molar-refractivity contribution in [2.75, 3.05) is 19.6 Å². The molecule has 2 atom stereocenters. The van der Waals surface area contributed by atoms with Gasteiger partial charge in [-0.2, -0.15) is 0 Å². The monoisotopic (exact) mass is 329 g/mol. The molecular weight excluding hydrogens is 313 g/mol. The molecule has 114 valence electrons. The second kappa shape index (κ2) is 6.01. The van der Waals surface area contributed by atoms with Crippen LogP contribution in [0.2, 0.25) is 10.0 Å². The van der Waals surface area contributed by atoms with E-state index in [2.05, 4.69) is 16.0 Å². The number of carbonyl (C=O) groups is 1. The Balaban J connectivity index is 1.69. The highest BCUT2D eigenvalue weighted by molar-refractivity contribution is 6.42. The highest BCUT2D eigenvalue weighted by Crippen LogP contribution is 2.40. The van der Waals surface area contributed by atoms with Gasteiger partial charge in [-0.05, 0) is 18.6 Å². The van der Waals surface area contributed by atoms with Crippen molar-refractivity contribution in [3.8, 4) is 5.75 Å². The lowest BCUT2D eigenvalue weighted by atomic mass is 9.98. The third-order valence-corrected chi connectivity index (χ3v) is 4.91. The molecule has 2 aliphatic heterocycles. The first kappa shape index (κ1) is 14.9. The van der Waals surface area contributed by atoms with Gasteiger partial charge in [-0.3, -0.25) is 4.79 Å². The number of phenolic OH excluding ortho intramolecular Hbond substituents is 1. The van der Waals surface area contributed by atoms with Crippen molar-refractivity contribution in [1.29, 1.82) is 0 Å². The van der Waals surface area contributed by atoms with Gasteiger partial charge in [0.05, 0.1) is 22.0 Å². The van der Waals surface area contributed by atoms with Crippen molar-refractivity contribution >= 4 is 29.1 Å². The minimum atomic E-state index is -0.161. The number of halogens is 2. The summed E-state index contributed by atoms with van der Waals surface area (Å²) in [6.07, 6.45) is 0.597. The molecule has 5 nitrogen and oxygen atoms in total. The SMILES string of the molecule is O=C(NC1CNC1)[C@@H]1CN[C@@H](c2c(O)ccc(Cl)c2Cl)C1. The summed E-state index contributed by atoms with van der Waals surface area (Å²) in [4.78, 5) is 12.2. The number of phenols is 1. The Hall–Kier alpha value is -1.01. The Kier molecular flexibility index (Phi) is 4.26. The topological polar surface area (TPSA) is 73.4 Å². The lowest BCUT2D eigenvalue weighted by molar-refractivity contribution is -0.125. The molecule has 1 amide bonds. The first-order chi connectivity index (χ1) is 10.1. The van der Waals surface area contributed by atoms with Crippen molar-refractivity contribution in [2.45, 2.75) is 18.5 Å². The minimum Gasteiger partial charge on any atom is -0.508 e. The van der Waals surface area contributed by atoms with Crippen LogP contribution in [-0.2, 0) is 4.79 Å². The second-order valence-electron chi connectivity index (χ2n) is 5.55. The molecule has 1 aromatic carbocycles. The van der Waals surface area contributed by atoms with Gasteiger partial charge < -0.3 is 21.1 Å². The van der Waals surface area contributed by atoms with E-state index in [0.29, 0.717) is 28.6 Å². The van der Waals surface area contributed by atoms with Crippen molar-refractivity contribution in [1.82, 2.24) is 16.0 Å². The summed E-state index contributed by atoms with van der Waals surface area (Å²) in [6.45, 7) is 2.23. The molecule has 7 heteroatoms. The molecule has 0 aromatic heterocycles. The van der Waals surface area contributed by atoms with Gasteiger partial charge in [-0.25, -0.2) is 0 Å². The molecule has 2 saturated heterocycles. The number of aromatic hydroxyl groups is 1. The molecule has 0 spiro atoms. The summed E-state index contributed by atoms with van der Waals surface area (Å²) in [5.41, 5.74) is 0.574. The third kappa shape index (κ3) is 2.97. The van der Waals surface area contributed by atoms with E-state index >= 15 is 0 Å². The van der Waals surface area contributed by atoms with Crippen LogP contribution in [0.4, 0.5) is 0 Å². The molecule has 4 N–H and O–H groups in total. The molecule has 3 rings (SSSR count). The first-order valence-corrected chi connectivity index (χ1v) is 7.73. The molecule has 2 fully saturated rings. The Labute approximate surface area is 133 Å². The van der Waals surface area contributed by atoms with E-state index in [1.807, 2.05) is 0 Å². The van der Waals surface area contributed by atoms with Crippen LogP contribution >= 0.6 is 23.2 Å². The summed E-state index contributed by atoms with van der Waals surface area (Å²) in [6, 6.07) is 3.16. The van der Waals surface area contributed by atoms with E-state index in [4.69, 9.17) is 23.2 Å². The molecular formula is C14H17Cl2N3O2. The standard InChI is InChI=1S/C14H17Cl2N3O2/c15-9-1-2-11(20)12(13(9)16)10-3-7(4-18-10)14(21)19-8-5-17-6-8/h1-2,7-8,10,17-18,20H,3-6H2,(H,19,21)/t7-,10+/m0/s1. The van der Waals surface area contributed by atoms with Gasteiger partial charge in [-0.1, -0.05) is 23.2 Å². The quantitative estimate of drug-likeness (QED) is 0.677. The predicted molar refractivity (Wildman–Crippen MR) is 81.8 cm³/mol. The largest absolute Gasteiger partial charge is 0.508 e. The predicted octanol–water partition coefficient (Wildman–Crippen LogP) is 1.44. The highest BCUT2D eigenvalue weighted by Gasteiger charge is 2.34. The number of nitrogens with one attached hydrogen (secondary N) is 3. The van der Waals surface area contributed by atoms with Crippen LogP contribution in [0.25, 0.3) is 0 Å². The molecule has 0 aliphatic carbocycles. The minimum absolute atomic E-state index is 0.0501. The molecule has 1 aromatic rings. The zero-order valence-corrected chi connectivity index (χ0v) is 12.8. The summed E-state index contributed by atoms with van der Waals surface area (Å²) in [7, 11) is 0. The molecule has 0 unspecified atom stereocenters. The maximum Gasteiger partial charge on any atom is 0.224 e. The fourth-order valence-electron chi connectivity index (χ4n) is 2.75. The van der Waals surface area contributed by atoms with Crippen LogP contribution in [0.5, 0.6) is 5.75 Å². The lowest BCUT2D eigenvalue weighted by Crippen LogP contribution is -2.58. The number of carbonyl (C=O) groups excluding carboxylic acids is 1. The molecule has 2 aliphatic rings. The number of amides is 1. The Bertz CT molecular complexity index is 563. The van der Waals surface area contributed by atoms with Crippen LogP contribution in [0.15, 0.2) is 12.1 Å². The smallest absolute Gasteiger partial charge is 0.224 e. The maximum absolute atomic E-state index is 12.2. The fraction of sp³-hybridized carbons (Fsp3) is 0.500. The Morgan fingerprint density at radius 2 is 2.05 bits per heavy atom. The average Bonchev–Trinajstić information content (AvgIpc) is 2.88. The van der Waals surface area contributed by atoms with E-state index in [0.717, 1.165) is 13.1 Å². The van der Waals surface area contributed by atoms with E-state index in [1.54, 1.807) is 6.07 Å². The van der Waals surface area contributed by atoms with Crippen LogP contribution in [0.3, 0.4) is 0 Å². The molecule has 21 heavy (non-hydrogen) atoms. The number of rotatable bonds is 3. The van der Waals surface area contributed by atoms with Crippen molar-refractivity contribution in [2.24, 2.45) is 5.92 Å². The van der Waals surface area contributed by atoms with Crippen molar-refractivity contribution in [3.05, 3.63) is 27.7 Å². The van der Waals surface area contributed by atoms with E-state index in [9.17, 15) is 9.90 Å². The van der Waals surface area contributed by atoms with Gasteiger partial charge in [0.1, 0.15) is 5.75 Å². The van der Waals surface area contributed by atoms with Gasteiger partial charge in [-0.15, -0.1) is 0 Å². The third-order valence-electron chi connectivity index (χ3n) is 4.09. The normalized spacial score (nSPS) is 25.6. The van der Waals surface area contributed by atoms with Crippen LogP contribution in [-0.4, -0.2) is 36.7 Å². The summed E-state index contributed by atoms with van der Waals surface area (Å²) >= 11 is 12.2. The van der Waals surface area contributed by atoms with Crippen molar-refractivity contribution in [3.63, 3.8) is 0 Å². The van der Waals surface area contributed by atoms with E-state index in [-0.39, 0.29) is 29.7 Å². The van der Waals surface area contributed by atoms with Crippen LogP contribution < -0.4 is 16.0 Å². The number of hydrogen-bond donors (Lipinski definition) is 4. The molecule has 2 heterocycles. The molecule has 0 saturated carbocycles. The summed E-state index contributed by atoms with van der Waals surface area (Å²) < 4.78 is 0. The highest BCUT2D eigenvalue weighted by atomic mass is 35.5. The maximum atomic E-state index is 12.2. The van der Waals surface area contributed by atoms with Gasteiger partial charge in [0, 0.05) is 31.2 Å². The zero-order chi connectivity index (χ0) is 15.0. The fourth-order valence-corrected chi connectivity index (χ4v) is 3.21. The van der Waals surface area contributed by atoms with Crippen molar-refractivity contribution < 1.29 is 9.90 Å². The number of benzene rings is 1. The van der Waals surface area contributed by atoms with Crippen LogP contribution in [0.1, 0.15) is 18.0 Å². The molecule has 0 radical (unpaired) electrons. The zero-order valence-electron chi connectivity index (χ0n) is 11.3. The van der Waals surface area contributed by atoms with Gasteiger partial charge in [0.2, 0.25) is 5.91 Å². The summed E-state index contributed by atoms with van der Waals surface area (Å²) in [5, 5.41) is 20.1. The lowest BCUT2D eigenvalue weighted by Gasteiger charge is -2.29. The van der Waals surface area contributed by atoms with Crippen LogP contribution in [0, 0.1) is 5.92 Å². The van der Waals surface area contributed by atoms with Gasteiger partial charge in [0.25, 0.3) is 0 Å². The second-order valence-corrected chi connectivity index (χ2v) is 6.34. The van der Waals surface area contributed by atoms with E-state index < -0.39 is 0 Å². The average molecular weight is 330 g/mol. The van der Waals surface area contributed by atoms with E-state index in [1.165, 1.54) is 6.07 Å². The molecule has 0 bridgehead atoms. The Morgan fingerprint density at radius 3 is 2.71 bits per heavy atom. The Morgan fingerprint density at radius 1 is 1.29 bits per heavy atom. The first-order valence-electron chi connectivity index (χ1n) is 6.97. The summed E-state index contributed by atoms with van der Waals surface area (Å²) in [5.74, 6) is 0.0327.